The number of hydrogen-bond acceptors (Lipinski definition) is 6. The van der Waals surface area contributed by atoms with Gasteiger partial charge in [0.1, 0.15) is 18.1 Å². The minimum absolute atomic E-state index is 0.0521. The first-order chi connectivity index (χ1) is 9.41. The zero-order valence-electron chi connectivity index (χ0n) is 12.0. The van der Waals surface area contributed by atoms with Crippen molar-refractivity contribution in [3.8, 4) is 0 Å². The lowest BCUT2D eigenvalue weighted by atomic mass is 10.1. The summed E-state index contributed by atoms with van der Waals surface area (Å²) in [6.07, 6.45) is 3.31. The first kappa shape index (κ1) is 18.1. The first-order valence-electron chi connectivity index (χ1n) is 6.54. The summed E-state index contributed by atoms with van der Waals surface area (Å²) in [7, 11) is 0. The van der Waals surface area contributed by atoms with E-state index < -0.39 is 5.97 Å². The van der Waals surface area contributed by atoms with Gasteiger partial charge in [0.25, 0.3) is 0 Å². The van der Waals surface area contributed by atoms with E-state index in [0.29, 0.717) is 25.8 Å². The molecule has 0 atom stereocenters. The summed E-state index contributed by atoms with van der Waals surface area (Å²) in [6.45, 7) is 3.69. The molecule has 20 heavy (non-hydrogen) atoms. The van der Waals surface area contributed by atoms with Crippen LogP contribution in [0.25, 0.3) is 0 Å². The third kappa shape index (κ3) is 12.5. The minimum Gasteiger partial charge on any atom is -0.481 e. The van der Waals surface area contributed by atoms with Crippen LogP contribution in [0.2, 0.25) is 0 Å². The molecule has 1 rings (SSSR count). The van der Waals surface area contributed by atoms with Crippen molar-refractivity contribution >= 4 is 23.2 Å². The van der Waals surface area contributed by atoms with E-state index in [-0.39, 0.29) is 18.0 Å². The number of aliphatic carboxylic acids is 1. The van der Waals surface area contributed by atoms with Crippen molar-refractivity contribution in [3.63, 3.8) is 0 Å². The molecule has 0 saturated carbocycles. The maximum atomic E-state index is 10.5. The lowest BCUT2D eigenvalue weighted by molar-refractivity contribution is -0.137. The molecule has 112 valence electrons. The molecule has 0 saturated heterocycles. The Morgan fingerprint density at radius 1 is 1.05 bits per heavy atom. The number of carboxylic acid groups (broad SMARTS) is 1. The van der Waals surface area contributed by atoms with E-state index >= 15 is 0 Å². The molecule has 1 N–H and O–H groups in total. The number of rotatable bonds is 8. The monoisotopic (exact) mass is 283 g/mol. The van der Waals surface area contributed by atoms with E-state index in [2.05, 4.69) is 15.4 Å². The molecule has 0 spiro atoms. The summed E-state index contributed by atoms with van der Waals surface area (Å²) in [6, 6.07) is 0. The molecular formula is C13H21N3O4. The van der Waals surface area contributed by atoms with Gasteiger partial charge in [0.15, 0.2) is 0 Å². The standard InChI is InChI=1S/C7H11N3O.C6H10O3/c1-6(11)3-2-4-7-5-8-10-9-7;1-5(7)3-2-4-6(8)9/h2-5H2,1H3;2-4H2,1H3,(H,8,9). The highest BCUT2D eigenvalue weighted by atomic mass is 16.4. The fourth-order valence-electron chi connectivity index (χ4n) is 1.40. The van der Waals surface area contributed by atoms with Gasteiger partial charge in [0, 0.05) is 19.3 Å². The second-order valence-electron chi connectivity index (χ2n) is 4.56. The molecule has 0 aromatic carbocycles. The lowest BCUT2D eigenvalue weighted by Crippen LogP contribution is -2.00. The summed E-state index contributed by atoms with van der Waals surface area (Å²) < 4.78 is 0. The van der Waals surface area contributed by atoms with Crippen molar-refractivity contribution in [1.29, 1.82) is 0 Å². The van der Waals surface area contributed by atoms with Gasteiger partial charge < -0.3 is 14.7 Å². The maximum absolute atomic E-state index is 10.5. The molecule has 0 fully saturated rings. The molecule has 0 aromatic rings. The van der Waals surface area contributed by atoms with Crippen molar-refractivity contribution < 1.29 is 19.5 Å². The summed E-state index contributed by atoms with van der Waals surface area (Å²) in [4.78, 5) is 30.6. The summed E-state index contributed by atoms with van der Waals surface area (Å²) >= 11 is 0. The molecule has 7 heteroatoms. The largest absolute Gasteiger partial charge is 0.481 e. The van der Waals surface area contributed by atoms with Gasteiger partial charge in [-0.25, -0.2) is 0 Å². The van der Waals surface area contributed by atoms with E-state index in [4.69, 9.17) is 5.11 Å². The second kappa shape index (κ2) is 11.0. The summed E-state index contributed by atoms with van der Waals surface area (Å²) in [5.41, 5.74) is 0.992. The molecule has 0 aromatic heterocycles. The van der Waals surface area contributed by atoms with Crippen molar-refractivity contribution in [2.24, 2.45) is 15.4 Å². The molecule has 0 unspecified atom stereocenters. The third-order valence-electron chi connectivity index (χ3n) is 2.42. The predicted octanol–water partition coefficient (Wildman–Crippen LogP) is 2.40. The Labute approximate surface area is 118 Å². The molecule has 0 bridgehead atoms. The van der Waals surface area contributed by atoms with Gasteiger partial charge in [-0.15, -0.1) is 5.10 Å². The van der Waals surface area contributed by atoms with E-state index in [1.165, 1.54) is 6.92 Å². The van der Waals surface area contributed by atoms with Gasteiger partial charge >= 0.3 is 5.97 Å². The van der Waals surface area contributed by atoms with Gasteiger partial charge in [-0.3, -0.25) is 4.79 Å². The zero-order chi connectivity index (χ0) is 15.4. The average molecular weight is 283 g/mol. The molecule has 7 nitrogen and oxygen atoms in total. The van der Waals surface area contributed by atoms with Crippen LogP contribution in [-0.4, -0.2) is 34.9 Å². The first-order valence-corrected chi connectivity index (χ1v) is 6.54. The van der Waals surface area contributed by atoms with Gasteiger partial charge in [-0.2, -0.15) is 5.11 Å². The van der Waals surface area contributed by atoms with Crippen LogP contribution in [-0.2, 0) is 14.4 Å². The number of hydrogen-bond donors (Lipinski definition) is 1. The minimum atomic E-state index is -0.837. The fraction of sp³-hybridized carbons (Fsp3) is 0.692. The van der Waals surface area contributed by atoms with Crippen LogP contribution in [0, 0.1) is 0 Å². The predicted molar refractivity (Wildman–Crippen MR) is 73.9 cm³/mol. The van der Waals surface area contributed by atoms with E-state index in [1.54, 1.807) is 6.92 Å². The van der Waals surface area contributed by atoms with Crippen LogP contribution in [0.5, 0.6) is 0 Å². The maximum Gasteiger partial charge on any atom is 0.303 e. The second-order valence-corrected chi connectivity index (χ2v) is 4.56. The van der Waals surface area contributed by atoms with Gasteiger partial charge in [0.2, 0.25) is 0 Å². The lowest BCUT2D eigenvalue weighted by Gasteiger charge is -1.94. The molecule has 0 radical (unpaired) electrons. The van der Waals surface area contributed by atoms with Crippen LogP contribution < -0.4 is 0 Å². The molecule has 1 aliphatic heterocycles. The number of nitrogens with zero attached hydrogens (tertiary/aromatic N) is 3. The number of Topliss-reactive ketones (excluding diaryl/α,β-unsaturated/α-hetero) is 2. The van der Waals surface area contributed by atoms with Gasteiger partial charge in [-0.05, 0) is 38.3 Å². The normalized spacial score (nSPS) is 12.4. The Morgan fingerprint density at radius 3 is 2.10 bits per heavy atom. The smallest absolute Gasteiger partial charge is 0.303 e. The molecule has 1 heterocycles. The number of carbonyl (C=O) groups is 3. The van der Waals surface area contributed by atoms with Crippen LogP contribution >= 0.6 is 0 Å². The Hall–Kier alpha value is -1.92. The Bertz CT molecular complexity index is 388. The SMILES string of the molecule is CC(=O)CCCC(=O)O.CC(=O)CCCC1=NN=NC1. The molecule has 0 amide bonds. The van der Waals surface area contributed by atoms with Crippen LogP contribution in [0.3, 0.4) is 0 Å². The van der Waals surface area contributed by atoms with Crippen molar-refractivity contribution in [2.75, 3.05) is 6.54 Å². The molecule has 0 aliphatic carbocycles. The van der Waals surface area contributed by atoms with Gasteiger partial charge in [0.05, 0.1) is 5.71 Å². The fourth-order valence-corrected chi connectivity index (χ4v) is 1.40. The van der Waals surface area contributed by atoms with E-state index in [1.807, 2.05) is 0 Å². The average Bonchev–Trinajstić information content (AvgIpc) is 2.81. The quantitative estimate of drug-likeness (QED) is 0.737. The molecule has 1 aliphatic rings. The van der Waals surface area contributed by atoms with E-state index in [0.717, 1.165) is 18.6 Å². The zero-order valence-corrected chi connectivity index (χ0v) is 12.0. The van der Waals surface area contributed by atoms with E-state index in [9.17, 15) is 14.4 Å². The van der Waals surface area contributed by atoms with Crippen LogP contribution in [0.15, 0.2) is 15.4 Å². The van der Waals surface area contributed by atoms with Crippen LogP contribution in [0.1, 0.15) is 52.4 Å². The van der Waals surface area contributed by atoms with Crippen LogP contribution in [0.4, 0.5) is 0 Å². The topological polar surface area (TPSA) is 109 Å². The Balaban J connectivity index is 0.000000370. The van der Waals surface area contributed by atoms with Gasteiger partial charge in [-0.1, -0.05) is 0 Å². The Kier molecular flexibility index (Phi) is 9.90. The highest BCUT2D eigenvalue weighted by Crippen LogP contribution is 2.04. The Morgan fingerprint density at radius 2 is 1.65 bits per heavy atom. The number of ketones is 2. The summed E-state index contributed by atoms with van der Waals surface area (Å²) in [5, 5.41) is 19.1. The van der Waals surface area contributed by atoms with Crippen molar-refractivity contribution in [2.45, 2.75) is 52.4 Å². The highest BCUT2D eigenvalue weighted by Gasteiger charge is 2.03. The van der Waals surface area contributed by atoms with Crippen molar-refractivity contribution in [1.82, 2.24) is 0 Å². The molecular weight excluding hydrogens is 262 g/mol. The highest BCUT2D eigenvalue weighted by molar-refractivity contribution is 5.87. The number of carboxylic acids is 1. The summed E-state index contributed by atoms with van der Waals surface area (Å²) in [5.74, 6) is -0.551. The third-order valence-corrected chi connectivity index (χ3v) is 2.42. The van der Waals surface area contributed by atoms with Crippen molar-refractivity contribution in [3.05, 3.63) is 0 Å². The number of carbonyl (C=O) groups excluding carboxylic acids is 2.